The molecule has 2 aromatic carbocycles. The Bertz CT molecular complexity index is 967. The molecule has 0 radical (unpaired) electrons. The largest absolute Gasteiger partial charge is 0.482 e. The highest BCUT2D eigenvalue weighted by Gasteiger charge is 2.27. The van der Waals surface area contributed by atoms with Crippen molar-refractivity contribution >= 4 is 39.3 Å². The van der Waals surface area contributed by atoms with Crippen molar-refractivity contribution in [2.45, 2.75) is 6.92 Å². The van der Waals surface area contributed by atoms with Crippen LogP contribution in [-0.2, 0) is 9.59 Å². The van der Waals surface area contributed by atoms with Gasteiger partial charge in [-0.05, 0) is 42.8 Å². The topological polar surface area (TPSA) is 87.7 Å². The Morgan fingerprint density at radius 1 is 1.17 bits per heavy atom. The Morgan fingerprint density at radius 2 is 1.93 bits per heavy atom. The van der Waals surface area contributed by atoms with Gasteiger partial charge in [0.1, 0.15) is 18.1 Å². The summed E-state index contributed by atoms with van der Waals surface area (Å²) in [6.45, 7) is 1.65. The van der Waals surface area contributed by atoms with Crippen LogP contribution < -0.4 is 20.3 Å². The summed E-state index contributed by atoms with van der Waals surface area (Å²) < 4.78 is 19.7. The van der Waals surface area contributed by atoms with Gasteiger partial charge >= 0.3 is 0 Å². The van der Waals surface area contributed by atoms with E-state index in [2.05, 4.69) is 26.6 Å². The Hall–Kier alpha value is -2.94. The molecule has 3 amide bonds. The molecule has 1 aliphatic heterocycles. The molecule has 2 N–H and O–H groups in total. The van der Waals surface area contributed by atoms with Crippen molar-refractivity contribution in [1.82, 2.24) is 10.6 Å². The molecule has 3 rings (SSSR count). The molecule has 0 saturated carbocycles. The van der Waals surface area contributed by atoms with Crippen molar-refractivity contribution in [2.75, 3.05) is 31.1 Å². The number of amides is 3. The lowest BCUT2D eigenvalue weighted by molar-refractivity contribution is -0.125. The number of ether oxygens (including phenoxy) is 1. The quantitative estimate of drug-likeness (QED) is 0.642. The highest BCUT2D eigenvalue weighted by Crippen LogP contribution is 2.34. The zero-order valence-electron chi connectivity index (χ0n) is 15.6. The van der Waals surface area contributed by atoms with Crippen LogP contribution in [-0.4, -0.2) is 44.0 Å². The zero-order valence-corrected chi connectivity index (χ0v) is 17.2. The molecule has 0 spiro atoms. The van der Waals surface area contributed by atoms with E-state index in [9.17, 15) is 18.8 Å². The first-order valence-electron chi connectivity index (χ1n) is 8.89. The van der Waals surface area contributed by atoms with Gasteiger partial charge in [-0.15, -0.1) is 0 Å². The second kappa shape index (κ2) is 9.04. The molecule has 9 heteroatoms. The maximum Gasteiger partial charge on any atom is 0.265 e. The minimum absolute atomic E-state index is 0.139. The second-order valence-electron chi connectivity index (χ2n) is 6.45. The molecule has 0 unspecified atom stereocenters. The third kappa shape index (κ3) is 5.11. The third-order valence-corrected chi connectivity index (χ3v) is 4.83. The maximum absolute atomic E-state index is 13.5. The summed E-state index contributed by atoms with van der Waals surface area (Å²) in [5.41, 5.74) is 1.19. The summed E-state index contributed by atoms with van der Waals surface area (Å²) in [4.78, 5) is 37.7. The van der Waals surface area contributed by atoms with E-state index in [0.717, 1.165) is 4.47 Å². The van der Waals surface area contributed by atoms with Gasteiger partial charge in [-0.1, -0.05) is 22.0 Å². The Morgan fingerprint density at radius 3 is 2.69 bits per heavy atom. The maximum atomic E-state index is 13.5. The van der Waals surface area contributed by atoms with E-state index < -0.39 is 11.7 Å². The van der Waals surface area contributed by atoms with Crippen molar-refractivity contribution < 1.29 is 23.5 Å². The lowest BCUT2D eigenvalue weighted by Crippen LogP contribution is -2.46. The number of nitrogens with one attached hydrogen (secondary N) is 2. The van der Waals surface area contributed by atoms with E-state index in [1.165, 1.54) is 23.1 Å². The second-order valence-corrected chi connectivity index (χ2v) is 7.37. The summed E-state index contributed by atoms with van der Waals surface area (Å²) in [5, 5.41) is 5.26. The van der Waals surface area contributed by atoms with Gasteiger partial charge in [0.2, 0.25) is 5.91 Å². The van der Waals surface area contributed by atoms with Crippen LogP contribution in [0.25, 0.3) is 0 Å². The van der Waals surface area contributed by atoms with Crippen LogP contribution in [0.3, 0.4) is 0 Å². The van der Waals surface area contributed by atoms with Gasteiger partial charge in [-0.25, -0.2) is 4.39 Å². The number of carbonyl (C=O) groups is 3. The molecule has 0 atom stereocenters. The number of carbonyl (C=O) groups excluding carboxylic acids is 3. The SMILES string of the molecule is Cc1ccc(C(=O)NCCNC(=O)CN2C(=O)COc3cc(Br)ccc32)cc1F. The molecule has 1 aliphatic rings. The van der Waals surface area contributed by atoms with Crippen LogP contribution in [0.4, 0.5) is 10.1 Å². The number of hydrogen-bond acceptors (Lipinski definition) is 4. The fraction of sp³-hybridized carbons (Fsp3) is 0.250. The zero-order chi connectivity index (χ0) is 21.0. The molecule has 2 aromatic rings. The van der Waals surface area contributed by atoms with E-state index in [1.54, 1.807) is 25.1 Å². The molecule has 0 bridgehead atoms. The van der Waals surface area contributed by atoms with Crippen molar-refractivity contribution in [3.63, 3.8) is 0 Å². The van der Waals surface area contributed by atoms with Gasteiger partial charge in [0.05, 0.1) is 5.69 Å². The Labute approximate surface area is 175 Å². The summed E-state index contributed by atoms with van der Waals surface area (Å²) >= 11 is 3.34. The summed E-state index contributed by atoms with van der Waals surface area (Å²) in [7, 11) is 0. The third-order valence-electron chi connectivity index (χ3n) is 4.33. The number of rotatable bonds is 6. The Balaban J connectivity index is 1.48. The van der Waals surface area contributed by atoms with Crippen LogP contribution in [0.2, 0.25) is 0 Å². The standard InChI is InChI=1S/C20H19BrFN3O4/c1-12-2-3-13(8-15(12)22)20(28)24-7-6-23-18(26)10-25-16-5-4-14(21)9-17(16)29-11-19(25)27/h2-5,8-9H,6-7,10-11H2,1H3,(H,23,26)(H,24,28). The van der Waals surface area contributed by atoms with Gasteiger partial charge in [-0.3, -0.25) is 19.3 Å². The highest BCUT2D eigenvalue weighted by molar-refractivity contribution is 9.10. The molecule has 0 fully saturated rings. The van der Waals surface area contributed by atoms with Crippen LogP contribution in [0.1, 0.15) is 15.9 Å². The molecular formula is C20H19BrFN3O4. The number of benzene rings is 2. The molecule has 0 aliphatic carbocycles. The fourth-order valence-electron chi connectivity index (χ4n) is 2.77. The minimum Gasteiger partial charge on any atom is -0.482 e. The summed E-state index contributed by atoms with van der Waals surface area (Å²) in [6, 6.07) is 9.42. The van der Waals surface area contributed by atoms with Crippen molar-refractivity contribution in [2.24, 2.45) is 0 Å². The van der Waals surface area contributed by atoms with Crippen molar-refractivity contribution in [3.05, 3.63) is 57.8 Å². The lowest BCUT2D eigenvalue weighted by Gasteiger charge is -2.29. The summed E-state index contributed by atoms with van der Waals surface area (Å²) in [5.74, 6) is -1.05. The number of fused-ring (bicyclic) bond motifs is 1. The first-order chi connectivity index (χ1) is 13.8. The van der Waals surface area contributed by atoms with E-state index in [1.807, 2.05) is 0 Å². The molecular weight excluding hydrogens is 445 g/mol. The number of nitrogens with zero attached hydrogens (tertiary/aromatic N) is 1. The van der Waals surface area contributed by atoms with Crippen molar-refractivity contribution in [1.29, 1.82) is 0 Å². The number of aryl methyl sites for hydroxylation is 1. The number of hydrogen-bond donors (Lipinski definition) is 2. The molecule has 29 heavy (non-hydrogen) atoms. The average molecular weight is 464 g/mol. The lowest BCUT2D eigenvalue weighted by atomic mass is 10.1. The minimum atomic E-state index is -0.451. The van der Waals surface area contributed by atoms with E-state index in [-0.39, 0.29) is 43.6 Å². The van der Waals surface area contributed by atoms with Crippen LogP contribution in [0.15, 0.2) is 40.9 Å². The smallest absolute Gasteiger partial charge is 0.265 e. The predicted octanol–water partition coefficient (Wildman–Crippen LogP) is 2.17. The summed E-state index contributed by atoms with van der Waals surface area (Å²) in [6.07, 6.45) is 0. The van der Waals surface area contributed by atoms with Gasteiger partial charge in [0, 0.05) is 23.1 Å². The van der Waals surface area contributed by atoms with Gasteiger partial charge < -0.3 is 15.4 Å². The van der Waals surface area contributed by atoms with E-state index in [0.29, 0.717) is 17.0 Å². The van der Waals surface area contributed by atoms with Crippen molar-refractivity contribution in [3.8, 4) is 5.75 Å². The van der Waals surface area contributed by atoms with E-state index in [4.69, 9.17) is 4.74 Å². The molecule has 7 nitrogen and oxygen atoms in total. The first kappa shape index (κ1) is 20.8. The van der Waals surface area contributed by atoms with E-state index >= 15 is 0 Å². The monoisotopic (exact) mass is 463 g/mol. The molecule has 152 valence electrons. The fourth-order valence-corrected chi connectivity index (χ4v) is 3.11. The molecule has 0 saturated heterocycles. The molecule has 1 heterocycles. The highest BCUT2D eigenvalue weighted by atomic mass is 79.9. The normalized spacial score (nSPS) is 12.8. The van der Waals surface area contributed by atoms with Crippen LogP contribution in [0, 0.1) is 12.7 Å². The first-order valence-corrected chi connectivity index (χ1v) is 9.68. The molecule has 0 aromatic heterocycles. The van der Waals surface area contributed by atoms with Gasteiger partial charge in [0.25, 0.3) is 11.8 Å². The number of anilines is 1. The van der Waals surface area contributed by atoms with Gasteiger partial charge in [0.15, 0.2) is 6.61 Å². The number of halogens is 2. The van der Waals surface area contributed by atoms with Crippen LogP contribution >= 0.6 is 15.9 Å². The average Bonchev–Trinajstić information content (AvgIpc) is 2.69. The van der Waals surface area contributed by atoms with Crippen LogP contribution in [0.5, 0.6) is 5.75 Å². The van der Waals surface area contributed by atoms with Gasteiger partial charge in [-0.2, -0.15) is 0 Å². The predicted molar refractivity (Wildman–Crippen MR) is 108 cm³/mol. The Kier molecular flexibility index (Phi) is 6.48.